The molecule has 0 bridgehead atoms. The minimum Gasteiger partial charge on any atom is -0.465 e. The lowest BCUT2D eigenvalue weighted by Gasteiger charge is -2.09. The summed E-state index contributed by atoms with van der Waals surface area (Å²) >= 11 is 0. The Morgan fingerprint density at radius 1 is 1.29 bits per heavy atom. The van der Waals surface area contributed by atoms with Crippen LogP contribution in [-0.4, -0.2) is 37.7 Å². The van der Waals surface area contributed by atoms with Gasteiger partial charge in [-0.05, 0) is 5.56 Å². The van der Waals surface area contributed by atoms with Crippen molar-refractivity contribution in [2.75, 3.05) is 20.3 Å². The number of methoxy groups -OCH3 is 1. The first-order chi connectivity index (χ1) is 8.24. The van der Waals surface area contributed by atoms with Crippen LogP contribution >= 0.6 is 0 Å². The minimum absolute atomic E-state index is 0.128. The average Bonchev–Trinajstić information content (AvgIpc) is 2.38. The van der Waals surface area contributed by atoms with Crippen LogP contribution < -0.4 is 0 Å². The molecule has 0 aliphatic rings. The molecule has 1 unspecified atom stereocenters. The van der Waals surface area contributed by atoms with Gasteiger partial charge in [-0.15, -0.1) is 0 Å². The second-order valence-electron chi connectivity index (χ2n) is 3.28. The number of esters is 1. The third-order valence-electron chi connectivity index (χ3n) is 2.02. The highest BCUT2D eigenvalue weighted by atomic mass is 16.7. The van der Waals surface area contributed by atoms with Gasteiger partial charge in [-0.1, -0.05) is 30.3 Å². The zero-order chi connectivity index (χ0) is 12.5. The molecule has 0 aliphatic carbocycles. The molecule has 17 heavy (non-hydrogen) atoms. The van der Waals surface area contributed by atoms with Crippen LogP contribution in [0.1, 0.15) is 5.56 Å². The van der Waals surface area contributed by atoms with Gasteiger partial charge in [0.1, 0.15) is 0 Å². The van der Waals surface area contributed by atoms with Crippen molar-refractivity contribution in [3.8, 4) is 0 Å². The van der Waals surface area contributed by atoms with E-state index in [0.29, 0.717) is 13.2 Å². The predicted molar refractivity (Wildman–Crippen MR) is 60.1 cm³/mol. The Bertz CT molecular complexity index is 325. The molecule has 1 rings (SSSR count). The zero-order valence-electron chi connectivity index (χ0n) is 9.67. The number of aliphatic hydroxyl groups is 1. The highest BCUT2D eigenvalue weighted by Crippen LogP contribution is 2.00. The summed E-state index contributed by atoms with van der Waals surface area (Å²) in [7, 11) is 1.18. The largest absolute Gasteiger partial charge is 0.465 e. The van der Waals surface area contributed by atoms with Crippen molar-refractivity contribution >= 4 is 5.97 Å². The molecule has 0 amide bonds. The summed E-state index contributed by atoms with van der Waals surface area (Å²) in [5.74, 6) is -0.812. The Hall–Kier alpha value is -1.43. The van der Waals surface area contributed by atoms with Gasteiger partial charge in [-0.3, -0.25) is 0 Å². The maximum Gasteiger partial charge on any atom is 0.363 e. The van der Waals surface area contributed by atoms with E-state index in [1.54, 1.807) is 0 Å². The van der Waals surface area contributed by atoms with Crippen LogP contribution in [0.3, 0.4) is 0 Å². The van der Waals surface area contributed by atoms with Crippen LogP contribution in [0.5, 0.6) is 0 Å². The van der Waals surface area contributed by atoms with Crippen LogP contribution in [0.4, 0.5) is 0 Å². The molecule has 0 spiro atoms. The number of aliphatic hydroxyl groups excluding tert-OH is 1. The van der Waals surface area contributed by atoms with Crippen LogP contribution in [-0.2, 0) is 25.6 Å². The van der Waals surface area contributed by atoms with Gasteiger partial charge in [-0.25, -0.2) is 4.79 Å². The number of ether oxygens (including phenoxy) is 3. The lowest BCUT2D eigenvalue weighted by Crippen LogP contribution is -2.26. The first-order valence-electron chi connectivity index (χ1n) is 5.23. The molecule has 1 N–H and O–H groups in total. The molecule has 5 nitrogen and oxygen atoms in total. The summed E-state index contributed by atoms with van der Waals surface area (Å²) in [5.41, 5.74) is 1.06. The molecule has 0 radical (unpaired) electrons. The van der Waals surface area contributed by atoms with E-state index >= 15 is 0 Å². The molecule has 94 valence electrons. The molecule has 0 aliphatic heterocycles. The van der Waals surface area contributed by atoms with E-state index in [2.05, 4.69) is 4.74 Å². The van der Waals surface area contributed by atoms with E-state index in [1.807, 2.05) is 30.3 Å². The van der Waals surface area contributed by atoms with Crippen molar-refractivity contribution in [3.05, 3.63) is 35.9 Å². The molecule has 0 heterocycles. The molecule has 0 aromatic heterocycles. The molecule has 1 aromatic rings. The Morgan fingerprint density at radius 3 is 2.65 bits per heavy atom. The quantitative estimate of drug-likeness (QED) is 0.432. The fourth-order valence-corrected chi connectivity index (χ4v) is 1.15. The van der Waals surface area contributed by atoms with Gasteiger partial charge < -0.3 is 19.3 Å². The second-order valence-corrected chi connectivity index (χ2v) is 3.28. The fraction of sp³-hybridized carbons (Fsp3) is 0.417. The van der Waals surface area contributed by atoms with Crippen molar-refractivity contribution in [1.82, 2.24) is 0 Å². The molecule has 0 saturated heterocycles. The second kappa shape index (κ2) is 7.78. The number of hydrogen-bond donors (Lipinski definition) is 1. The summed E-state index contributed by atoms with van der Waals surface area (Å²) in [6, 6.07) is 9.68. The number of rotatable bonds is 7. The lowest BCUT2D eigenvalue weighted by molar-refractivity contribution is -0.182. The van der Waals surface area contributed by atoms with Crippen molar-refractivity contribution in [2.24, 2.45) is 0 Å². The number of carbonyl (C=O) groups is 1. The minimum atomic E-state index is -1.54. The highest BCUT2D eigenvalue weighted by molar-refractivity contribution is 5.72. The van der Waals surface area contributed by atoms with Crippen molar-refractivity contribution in [3.63, 3.8) is 0 Å². The van der Waals surface area contributed by atoms with Gasteiger partial charge in [0.05, 0.1) is 26.9 Å². The molecule has 5 heteroatoms. The molecule has 0 saturated carbocycles. The maximum atomic E-state index is 10.8. The van der Waals surface area contributed by atoms with Gasteiger partial charge in [-0.2, -0.15) is 0 Å². The Balaban J connectivity index is 2.07. The van der Waals surface area contributed by atoms with Crippen molar-refractivity contribution < 1.29 is 24.1 Å². The van der Waals surface area contributed by atoms with Gasteiger partial charge in [0.25, 0.3) is 6.29 Å². The van der Waals surface area contributed by atoms with E-state index in [-0.39, 0.29) is 6.61 Å². The lowest BCUT2D eigenvalue weighted by atomic mass is 10.2. The Kier molecular flexibility index (Phi) is 6.24. The maximum absolute atomic E-state index is 10.8. The average molecular weight is 240 g/mol. The normalized spacial score (nSPS) is 12.1. The summed E-state index contributed by atoms with van der Waals surface area (Å²) < 4.78 is 14.4. The van der Waals surface area contributed by atoms with E-state index in [0.717, 1.165) is 5.56 Å². The van der Waals surface area contributed by atoms with Crippen LogP contribution in [0, 0.1) is 0 Å². The smallest absolute Gasteiger partial charge is 0.363 e. The molecule has 0 fully saturated rings. The first kappa shape index (κ1) is 13.6. The van der Waals surface area contributed by atoms with Crippen LogP contribution in [0.25, 0.3) is 0 Å². The fourth-order valence-electron chi connectivity index (χ4n) is 1.15. The van der Waals surface area contributed by atoms with E-state index in [9.17, 15) is 4.79 Å². The molecular weight excluding hydrogens is 224 g/mol. The van der Waals surface area contributed by atoms with Gasteiger partial charge in [0.2, 0.25) is 0 Å². The van der Waals surface area contributed by atoms with Crippen molar-refractivity contribution in [1.29, 1.82) is 0 Å². The standard InChI is InChI=1S/C12H16O5/c1-15-11(13)12(14)17-8-7-16-9-10-5-3-2-4-6-10/h2-6,12,14H,7-9H2,1H3. The summed E-state index contributed by atoms with van der Waals surface area (Å²) in [5, 5.41) is 9.08. The van der Waals surface area contributed by atoms with Gasteiger partial charge >= 0.3 is 5.97 Å². The summed E-state index contributed by atoms with van der Waals surface area (Å²) in [4.78, 5) is 10.8. The van der Waals surface area contributed by atoms with E-state index in [4.69, 9.17) is 14.6 Å². The highest BCUT2D eigenvalue weighted by Gasteiger charge is 2.14. The van der Waals surface area contributed by atoms with Crippen LogP contribution in [0.2, 0.25) is 0 Å². The number of hydrogen-bond acceptors (Lipinski definition) is 5. The monoisotopic (exact) mass is 240 g/mol. The Labute approximate surface area is 99.9 Å². The molecular formula is C12H16O5. The number of carbonyl (C=O) groups excluding carboxylic acids is 1. The van der Waals surface area contributed by atoms with Crippen LogP contribution in [0.15, 0.2) is 30.3 Å². The zero-order valence-corrected chi connectivity index (χ0v) is 9.67. The number of benzene rings is 1. The molecule has 1 atom stereocenters. The first-order valence-corrected chi connectivity index (χ1v) is 5.23. The summed E-state index contributed by atoms with van der Waals surface area (Å²) in [6.45, 7) is 0.893. The van der Waals surface area contributed by atoms with Gasteiger partial charge in [0.15, 0.2) is 0 Å². The summed E-state index contributed by atoms with van der Waals surface area (Å²) in [6.07, 6.45) is -1.54. The van der Waals surface area contributed by atoms with Crippen molar-refractivity contribution in [2.45, 2.75) is 12.9 Å². The Morgan fingerprint density at radius 2 is 2.00 bits per heavy atom. The topological polar surface area (TPSA) is 65.0 Å². The van der Waals surface area contributed by atoms with E-state index in [1.165, 1.54) is 7.11 Å². The van der Waals surface area contributed by atoms with E-state index < -0.39 is 12.3 Å². The SMILES string of the molecule is COC(=O)C(O)OCCOCc1ccccc1. The third kappa shape index (κ3) is 5.44. The third-order valence-corrected chi connectivity index (χ3v) is 2.02. The predicted octanol–water partition coefficient (Wildman–Crippen LogP) is 0.711. The molecule has 1 aromatic carbocycles. The van der Waals surface area contributed by atoms with Gasteiger partial charge in [0, 0.05) is 0 Å².